The Morgan fingerprint density at radius 2 is 1.29 bits per heavy atom. The van der Waals surface area contributed by atoms with Crippen LogP contribution in [0.4, 0.5) is 0 Å². The van der Waals surface area contributed by atoms with Crippen molar-refractivity contribution in [3.63, 3.8) is 0 Å². The van der Waals surface area contributed by atoms with Gasteiger partial charge in [0.1, 0.15) is 0 Å². The summed E-state index contributed by atoms with van der Waals surface area (Å²) in [6.07, 6.45) is 0. The van der Waals surface area contributed by atoms with Crippen LogP contribution in [0.5, 0.6) is 0 Å². The largest absolute Gasteiger partial charge is 0.141 e. The smallest absolute Gasteiger partial charge is 0.0711 e. The first-order valence-electron chi connectivity index (χ1n) is 6.63. The van der Waals surface area contributed by atoms with E-state index in [9.17, 15) is 0 Å². The van der Waals surface area contributed by atoms with Crippen LogP contribution in [0.25, 0.3) is 40.3 Å². The third kappa shape index (κ3) is 1.83. The monoisotopic (exact) mass is 388 g/mol. The first kappa shape index (κ1) is 12.6. The van der Waals surface area contributed by atoms with E-state index in [1.165, 1.54) is 49.0 Å². The summed E-state index contributed by atoms with van der Waals surface area (Å²) in [7, 11) is 0. The second kappa shape index (κ2) is 4.29. The number of hydrogen-bond acceptors (Lipinski definition) is 3. The van der Waals surface area contributed by atoms with Crippen molar-refractivity contribution in [1.82, 2.24) is 0 Å². The van der Waals surface area contributed by atoms with Gasteiger partial charge in [-0.15, -0.1) is 34.0 Å². The molecule has 0 N–H and O–H groups in total. The van der Waals surface area contributed by atoms with Crippen molar-refractivity contribution in [2.24, 2.45) is 0 Å². The Kier molecular flexibility index (Phi) is 2.57. The molecule has 0 nitrogen and oxygen atoms in total. The van der Waals surface area contributed by atoms with E-state index >= 15 is 0 Å². The van der Waals surface area contributed by atoms with Gasteiger partial charge in [0.2, 0.25) is 0 Å². The van der Waals surface area contributed by atoms with E-state index in [0.717, 1.165) is 0 Å². The molecule has 102 valence electrons. The van der Waals surface area contributed by atoms with E-state index < -0.39 is 0 Å². The minimum atomic E-state index is 1.20. The van der Waals surface area contributed by atoms with E-state index in [1.807, 2.05) is 34.0 Å². The first-order valence-corrected chi connectivity index (χ1v) is 9.87. The molecule has 0 atom stereocenters. The maximum Gasteiger partial charge on any atom is 0.0711 e. The molecule has 0 spiro atoms. The van der Waals surface area contributed by atoms with Crippen molar-refractivity contribution in [3.05, 3.63) is 45.1 Å². The average Bonchev–Trinajstić information content (AvgIpc) is 3.05. The summed E-state index contributed by atoms with van der Waals surface area (Å²) in [5.74, 6) is 0. The lowest BCUT2D eigenvalue weighted by molar-refractivity contribution is 1.66. The molecule has 21 heavy (non-hydrogen) atoms. The number of thiophene rings is 3. The molecule has 0 bridgehead atoms. The highest BCUT2D eigenvalue weighted by Crippen LogP contribution is 2.42. The highest BCUT2D eigenvalue weighted by atomic mass is 79.9. The van der Waals surface area contributed by atoms with Gasteiger partial charge in [-0.3, -0.25) is 0 Å². The van der Waals surface area contributed by atoms with E-state index in [0.29, 0.717) is 0 Å². The molecule has 3 aromatic heterocycles. The van der Waals surface area contributed by atoms with E-state index in [4.69, 9.17) is 0 Å². The Hall–Kier alpha value is -0.940. The molecule has 0 aliphatic heterocycles. The van der Waals surface area contributed by atoms with Gasteiger partial charge in [0.15, 0.2) is 0 Å². The third-order valence-electron chi connectivity index (χ3n) is 3.84. The fourth-order valence-electron chi connectivity index (χ4n) is 2.95. The average molecular weight is 389 g/mol. The van der Waals surface area contributed by atoms with E-state index in [-0.39, 0.29) is 0 Å². The summed E-state index contributed by atoms with van der Waals surface area (Å²) in [5.41, 5.74) is 0. The number of hydrogen-bond donors (Lipinski definition) is 0. The second-order valence-corrected chi connectivity index (χ2v) is 10.1. The van der Waals surface area contributed by atoms with Crippen LogP contribution in [0.3, 0.4) is 0 Å². The minimum absolute atomic E-state index is 1.20. The Morgan fingerprint density at radius 3 is 2.00 bits per heavy atom. The van der Waals surface area contributed by atoms with Gasteiger partial charge in [-0.2, -0.15) is 0 Å². The SMILES string of the molecule is Cc1cc2cc3c(cc2s1)sc1cc2sc(Br)cc2cc13. The van der Waals surface area contributed by atoms with Gasteiger partial charge in [-0.25, -0.2) is 0 Å². The van der Waals surface area contributed by atoms with Gasteiger partial charge < -0.3 is 0 Å². The van der Waals surface area contributed by atoms with E-state index in [1.54, 1.807) is 0 Å². The molecule has 0 aliphatic rings. The summed E-state index contributed by atoms with van der Waals surface area (Å²) in [6.45, 7) is 2.18. The third-order valence-corrected chi connectivity index (χ3v) is 7.57. The number of halogens is 1. The van der Waals surface area contributed by atoms with Gasteiger partial charge in [-0.05, 0) is 70.0 Å². The standard InChI is InChI=1S/C17H9BrS3/c1-8-2-9-3-11-12-4-10-5-17(18)21-14(10)7-16(12)20-15(11)6-13(9)19-8/h2-7H,1H3. The minimum Gasteiger partial charge on any atom is -0.141 e. The Balaban J connectivity index is 1.97. The van der Waals surface area contributed by atoms with Crippen LogP contribution in [0.2, 0.25) is 0 Å². The Bertz CT molecular complexity index is 1070. The molecule has 0 saturated carbocycles. The highest BCUT2D eigenvalue weighted by Gasteiger charge is 2.10. The lowest BCUT2D eigenvalue weighted by Crippen LogP contribution is -1.67. The van der Waals surface area contributed by atoms with Crippen molar-refractivity contribution in [2.75, 3.05) is 0 Å². The maximum atomic E-state index is 3.59. The molecule has 0 unspecified atom stereocenters. The van der Waals surface area contributed by atoms with Crippen LogP contribution >= 0.6 is 49.9 Å². The number of aryl methyl sites for hydroxylation is 1. The zero-order chi connectivity index (χ0) is 14.1. The van der Waals surface area contributed by atoms with Crippen LogP contribution in [0.15, 0.2) is 40.2 Å². The van der Waals surface area contributed by atoms with Crippen molar-refractivity contribution < 1.29 is 0 Å². The molecule has 0 saturated heterocycles. The van der Waals surface area contributed by atoms with Crippen LogP contribution in [0, 0.1) is 6.92 Å². The summed E-state index contributed by atoms with van der Waals surface area (Å²) >= 11 is 9.20. The quantitative estimate of drug-likeness (QED) is 0.256. The lowest BCUT2D eigenvalue weighted by atomic mass is 10.1. The topological polar surface area (TPSA) is 0 Å². The van der Waals surface area contributed by atoms with Crippen molar-refractivity contribution >= 4 is 90.3 Å². The summed E-state index contributed by atoms with van der Waals surface area (Å²) in [6, 6.07) is 13.9. The van der Waals surface area contributed by atoms with Crippen LogP contribution in [-0.2, 0) is 0 Å². The molecule has 5 rings (SSSR count). The fraction of sp³-hybridized carbons (Fsp3) is 0.0588. The molecule has 0 amide bonds. The van der Waals surface area contributed by atoms with Gasteiger partial charge in [0.05, 0.1) is 3.79 Å². The predicted octanol–water partition coefficient (Wildman–Crippen LogP) is 7.55. The molecule has 0 aliphatic carbocycles. The zero-order valence-corrected chi connectivity index (χ0v) is 15.1. The zero-order valence-electron chi connectivity index (χ0n) is 11.1. The van der Waals surface area contributed by atoms with Crippen LogP contribution < -0.4 is 0 Å². The Labute approximate surface area is 141 Å². The predicted molar refractivity (Wildman–Crippen MR) is 103 cm³/mol. The summed E-state index contributed by atoms with van der Waals surface area (Å²) in [4.78, 5) is 1.39. The number of rotatable bonds is 0. The molecular formula is C17H9BrS3. The maximum absolute atomic E-state index is 3.59. The summed E-state index contributed by atoms with van der Waals surface area (Å²) in [5, 5.41) is 5.49. The molecular weight excluding hydrogens is 380 g/mol. The molecule has 3 heterocycles. The van der Waals surface area contributed by atoms with Gasteiger partial charge in [-0.1, -0.05) is 0 Å². The van der Waals surface area contributed by atoms with Gasteiger partial charge >= 0.3 is 0 Å². The van der Waals surface area contributed by atoms with E-state index in [2.05, 4.69) is 59.3 Å². The van der Waals surface area contributed by atoms with Crippen molar-refractivity contribution in [1.29, 1.82) is 0 Å². The van der Waals surface area contributed by atoms with Crippen LogP contribution in [-0.4, -0.2) is 0 Å². The number of benzene rings is 2. The van der Waals surface area contributed by atoms with Crippen molar-refractivity contribution in [3.8, 4) is 0 Å². The van der Waals surface area contributed by atoms with Gasteiger partial charge in [0, 0.05) is 34.4 Å². The lowest BCUT2D eigenvalue weighted by Gasteiger charge is -1.94. The molecule has 5 aromatic rings. The summed E-state index contributed by atoms with van der Waals surface area (Å²) < 4.78 is 6.75. The molecule has 0 radical (unpaired) electrons. The highest BCUT2D eigenvalue weighted by molar-refractivity contribution is 9.11. The normalized spacial score (nSPS) is 12.3. The second-order valence-electron chi connectivity index (χ2n) is 5.28. The molecule has 4 heteroatoms. The molecule has 0 fully saturated rings. The Morgan fingerprint density at radius 1 is 0.667 bits per heavy atom. The van der Waals surface area contributed by atoms with Crippen LogP contribution in [0.1, 0.15) is 4.88 Å². The fourth-order valence-corrected chi connectivity index (χ4v) is 6.77. The number of fused-ring (bicyclic) bond motifs is 5. The molecule has 2 aromatic carbocycles. The van der Waals surface area contributed by atoms with Gasteiger partial charge in [0.25, 0.3) is 0 Å². The van der Waals surface area contributed by atoms with Crippen molar-refractivity contribution in [2.45, 2.75) is 6.92 Å². The first-order chi connectivity index (χ1) is 10.2.